The first kappa shape index (κ1) is 40.8. The summed E-state index contributed by atoms with van der Waals surface area (Å²) in [4.78, 5) is 90.3. The molecule has 1 atom stereocenters. The summed E-state index contributed by atoms with van der Waals surface area (Å²) in [5, 5.41) is 41.8. The van der Waals surface area contributed by atoms with Crippen molar-refractivity contribution in [2.75, 3.05) is 26.2 Å². The van der Waals surface area contributed by atoms with Crippen LogP contribution in [0.25, 0.3) is 0 Å². The van der Waals surface area contributed by atoms with Gasteiger partial charge in [0.2, 0.25) is 35.4 Å². The molecule has 0 spiro atoms. The summed E-state index contributed by atoms with van der Waals surface area (Å²) in [6, 6.07) is 8.42. The highest BCUT2D eigenvalue weighted by Crippen LogP contribution is 2.30. The summed E-state index contributed by atoms with van der Waals surface area (Å²) in [6.45, 7) is 2.35. The molecule has 8 N–H and O–H groups in total. The van der Waals surface area contributed by atoms with E-state index in [1.54, 1.807) is 18.2 Å². The molecular formula is C35H48N6O11. The summed E-state index contributed by atoms with van der Waals surface area (Å²) < 4.78 is 0.629. The van der Waals surface area contributed by atoms with Gasteiger partial charge in [0.15, 0.2) is 0 Å². The Morgan fingerprint density at radius 3 is 1.92 bits per heavy atom. The van der Waals surface area contributed by atoms with E-state index in [2.05, 4.69) is 26.6 Å². The minimum Gasteiger partial charge on any atom is -0.492 e. The first-order chi connectivity index (χ1) is 24.8. The second-order valence-corrected chi connectivity index (χ2v) is 12.6. The van der Waals surface area contributed by atoms with Gasteiger partial charge in [-0.1, -0.05) is 17.7 Å². The van der Waals surface area contributed by atoms with Gasteiger partial charge in [-0.3, -0.25) is 24.0 Å². The number of rotatable bonds is 20. The van der Waals surface area contributed by atoms with Gasteiger partial charge >= 0.3 is 11.9 Å². The van der Waals surface area contributed by atoms with Crippen molar-refractivity contribution in [1.29, 1.82) is 0 Å². The van der Waals surface area contributed by atoms with Crippen molar-refractivity contribution in [1.82, 2.24) is 31.3 Å². The van der Waals surface area contributed by atoms with Gasteiger partial charge in [0.25, 0.3) is 5.91 Å². The molecule has 1 unspecified atom stereocenters. The van der Waals surface area contributed by atoms with Crippen molar-refractivity contribution < 1.29 is 53.7 Å². The molecule has 0 bridgehead atoms. The minimum atomic E-state index is -1.18. The summed E-state index contributed by atoms with van der Waals surface area (Å²) >= 11 is 0. The maximum absolute atomic E-state index is 12.5. The summed E-state index contributed by atoms with van der Waals surface area (Å²) in [7, 11) is 0. The number of carboxylic acids is 1. The number of benzene rings is 1. The Morgan fingerprint density at radius 1 is 0.750 bits per heavy atom. The van der Waals surface area contributed by atoms with E-state index in [0.29, 0.717) is 55.4 Å². The van der Waals surface area contributed by atoms with Crippen LogP contribution in [0.4, 0.5) is 0 Å². The number of carboxylic acid groups (broad SMARTS) is 1. The van der Waals surface area contributed by atoms with Crippen LogP contribution >= 0.6 is 0 Å². The summed E-state index contributed by atoms with van der Waals surface area (Å²) in [5.41, 5.74) is 1.51. The van der Waals surface area contributed by atoms with Crippen LogP contribution in [0.3, 0.4) is 0 Å². The number of carbonyl (C=O) groups excluding carboxylic acids is 6. The molecule has 284 valence electrons. The molecule has 0 saturated heterocycles. The molecular weight excluding hydrogens is 680 g/mol. The van der Waals surface area contributed by atoms with Gasteiger partial charge in [0.05, 0.1) is 5.92 Å². The Morgan fingerprint density at radius 2 is 1.33 bits per heavy atom. The first-order valence-corrected chi connectivity index (χ1v) is 17.3. The van der Waals surface area contributed by atoms with E-state index in [9.17, 15) is 48.9 Å². The fourth-order valence-electron chi connectivity index (χ4n) is 5.59. The van der Waals surface area contributed by atoms with E-state index in [-0.39, 0.29) is 69.0 Å². The van der Waals surface area contributed by atoms with Crippen LogP contribution in [0, 0.1) is 18.8 Å². The largest absolute Gasteiger partial charge is 0.492 e. The number of aliphatic carboxylic acids is 1. The van der Waals surface area contributed by atoms with Gasteiger partial charge in [-0.25, -0.2) is 9.59 Å². The third-order valence-electron chi connectivity index (χ3n) is 8.53. The number of aromatic hydroxyl groups is 2. The van der Waals surface area contributed by atoms with E-state index in [0.717, 1.165) is 5.56 Å². The Labute approximate surface area is 300 Å². The standard InChI is InChI=1S/C35H48N6O11/c1-22-5-4-6-25(21-22)33(48)38-17-3-2-7-26(34(49)50)40-29(44)16-19-37-27(42)14-18-36-28(43)15-20-39-32(47)23-8-10-24(11-9-23)35(51)52-41-30(45)12-13-31(41)46/h4-6,12-13,21,23-24,26,45-46H,2-3,7-11,14-20H2,1H3,(H,36,43)(H,37,42)(H,38,48)(H,39,47)(H,40,44)(H,49,50). The van der Waals surface area contributed by atoms with Crippen molar-refractivity contribution in [2.24, 2.45) is 11.8 Å². The third kappa shape index (κ3) is 14.0. The Kier molecular flexibility index (Phi) is 16.4. The van der Waals surface area contributed by atoms with Gasteiger partial charge in [-0.2, -0.15) is 0 Å². The van der Waals surface area contributed by atoms with Crippen LogP contribution in [-0.2, 0) is 28.8 Å². The fourth-order valence-corrected chi connectivity index (χ4v) is 5.59. The van der Waals surface area contributed by atoms with Crippen LogP contribution in [0.15, 0.2) is 36.4 Å². The Hall–Kier alpha value is -5.61. The van der Waals surface area contributed by atoms with Crippen molar-refractivity contribution in [3.05, 3.63) is 47.5 Å². The van der Waals surface area contributed by atoms with E-state index in [1.165, 1.54) is 12.1 Å². The van der Waals surface area contributed by atoms with Gasteiger partial charge in [-0.05, 0) is 64.0 Å². The van der Waals surface area contributed by atoms with Crippen LogP contribution in [-0.4, -0.2) is 93.7 Å². The lowest BCUT2D eigenvalue weighted by molar-refractivity contribution is -0.152. The second-order valence-electron chi connectivity index (χ2n) is 12.6. The van der Waals surface area contributed by atoms with Crippen molar-refractivity contribution in [3.8, 4) is 11.8 Å². The molecule has 1 heterocycles. The lowest BCUT2D eigenvalue weighted by Gasteiger charge is -2.26. The third-order valence-corrected chi connectivity index (χ3v) is 8.53. The predicted molar refractivity (Wildman–Crippen MR) is 185 cm³/mol. The summed E-state index contributed by atoms with van der Waals surface area (Å²) in [6.07, 6.45) is 2.58. The minimum absolute atomic E-state index is 0.00809. The van der Waals surface area contributed by atoms with Gasteiger partial charge < -0.3 is 46.7 Å². The van der Waals surface area contributed by atoms with Crippen molar-refractivity contribution in [3.63, 3.8) is 0 Å². The molecule has 17 heteroatoms. The molecule has 0 radical (unpaired) electrons. The topological polar surface area (TPSA) is 254 Å². The zero-order valence-electron chi connectivity index (χ0n) is 29.2. The number of aromatic nitrogens is 1. The van der Waals surface area contributed by atoms with Crippen LogP contribution in [0.5, 0.6) is 11.8 Å². The molecule has 52 heavy (non-hydrogen) atoms. The fraction of sp³-hybridized carbons (Fsp3) is 0.514. The molecule has 1 saturated carbocycles. The number of hydrogen-bond donors (Lipinski definition) is 8. The number of nitrogens with one attached hydrogen (secondary N) is 5. The number of carbonyl (C=O) groups is 7. The summed E-state index contributed by atoms with van der Waals surface area (Å²) in [5.74, 6) is -5.24. The van der Waals surface area contributed by atoms with Crippen LogP contribution < -0.4 is 31.4 Å². The lowest BCUT2D eigenvalue weighted by Crippen LogP contribution is -2.42. The number of amides is 5. The molecule has 5 amide bonds. The molecule has 0 aliphatic heterocycles. The molecule has 3 rings (SSSR count). The smallest absolute Gasteiger partial charge is 0.336 e. The molecule has 2 aromatic rings. The van der Waals surface area contributed by atoms with Crippen LogP contribution in [0.2, 0.25) is 0 Å². The molecule has 1 aliphatic carbocycles. The average molecular weight is 729 g/mol. The number of unbranched alkanes of at least 4 members (excludes halogenated alkanes) is 1. The lowest BCUT2D eigenvalue weighted by atomic mass is 9.81. The van der Waals surface area contributed by atoms with Gasteiger partial charge in [-0.15, -0.1) is 4.73 Å². The second kappa shape index (κ2) is 20.9. The highest BCUT2D eigenvalue weighted by atomic mass is 16.7. The average Bonchev–Trinajstić information content (AvgIpc) is 3.42. The first-order valence-electron chi connectivity index (χ1n) is 17.3. The highest BCUT2D eigenvalue weighted by molar-refractivity contribution is 5.94. The molecule has 1 aliphatic rings. The number of hydrogen-bond acceptors (Lipinski definition) is 10. The van der Waals surface area contributed by atoms with E-state index in [1.807, 2.05) is 13.0 Å². The molecule has 17 nitrogen and oxygen atoms in total. The predicted octanol–water partition coefficient (Wildman–Crippen LogP) is 0.658. The SMILES string of the molecule is Cc1cccc(C(=O)NCCCCC(NC(=O)CCNC(=O)CCNC(=O)CCNC(=O)C2CCC(C(=O)On3c(O)ccc3O)CC2)C(=O)O)c1. The van der Waals surface area contributed by atoms with Crippen molar-refractivity contribution in [2.45, 2.75) is 77.2 Å². The maximum Gasteiger partial charge on any atom is 0.336 e. The highest BCUT2D eigenvalue weighted by Gasteiger charge is 2.32. The van der Waals surface area contributed by atoms with Crippen molar-refractivity contribution >= 4 is 41.5 Å². The maximum atomic E-state index is 12.5. The van der Waals surface area contributed by atoms with E-state index >= 15 is 0 Å². The number of nitrogens with zero attached hydrogens (tertiary/aromatic N) is 1. The quantitative estimate of drug-likeness (QED) is 0.0879. The monoisotopic (exact) mass is 728 g/mol. The van der Waals surface area contributed by atoms with Crippen LogP contribution in [0.1, 0.15) is 80.1 Å². The normalized spacial score (nSPS) is 15.8. The Balaban J connectivity index is 1.19. The van der Waals surface area contributed by atoms with Gasteiger partial charge in [0.1, 0.15) is 6.04 Å². The molecule has 1 aromatic heterocycles. The zero-order valence-corrected chi connectivity index (χ0v) is 29.2. The van der Waals surface area contributed by atoms with Gasteiger partial charge in [0, 0.05) is 69.1 Å². The molecule has 1 fully saturated rings. The van der Waals surface area contributed by atoms with E-state index in [4.69, 9.17) is 4.84 Å². The van der Waals surface area contributed by atoms with E-state index < -0.39 is 47.5 Å². The zero-order chi connectivity index (χ0) is 38.0. The number of aryl methyl sites for hydroxylation is 1. The molecule has 1 aromatic carbocycles. The Bertz CT molecular complexity index is 1550.